The minimum Gasteiger partial charge on any atom is -0.406 e. The number of carbonyl (C=O) groups is 1. The number of halogens is 3. The molecule has 1 aromatic heterocycles. The smallest absolute Gasteiger partial charge is 0.406 e. The van der Waals surface area contributed by atoms with Gasteiger partial charge in [0.05, 0.1) is 0 Å². The summed E-state index contributed by atoms with van der Waals surface area (Å²) in [5, 5.41) is 9.03. The molecule has 112 valence electrons. The molecule has 0 unspecified atom stereocenters. The van der Waals surface area contributed by atoms with Gasteiger partial charge in [0.2, 0.25) is 11.5 Å². The Kier molecular flexibility index (Phi) is 3.96. The van der Waals surface area contributed by atoms with E-state index in [4.69, 9.17) is 5.73 Å². The van der Waals surface area contributed by atoms with Crippen molar-refractivity contribution in [1.29, 1.82) is 0 Å². The number of hydrogen-bond acceptors (Lipinski definition) is 6. The summed E-state index contributed by atoms with van der Waals surface area (Å²) in [6.07, 6.45) is -4.74. The van der Waals surface area contributed by atoms with E-state index in [1.54, 1.807) is 0 Å². The van der Waals surface area contributed by atoms with E-state index in [-0.39, 0.29) is 23.8 Å². The lowest BCUT2D eigenvalue weighted by molar-refractivity contribution is -0.274. The molecule has 0 saturated heterocycles. The maximum Gasteiger partial charge on any atom is 0.573 e. The van der Waals surface area contributed by atoms with Crippen LogP contribution in [0.5, 0.6) is 5.75 Å². The van der Waals surface area contributed by atoms with E-state index >= 15 is 0 Å². The topological polar surface area (TPSA) is 103 Å². The Labute approximate surface area is 115 Å². The van der Waals surface area contributed by atoms with Gasteiger partial charge in [-0.25, -0.2) is 4.63 Å². The second-order valence-corrected chi connectivity index (χ2v) is 3.87. The summed E-state index contributed by atoms with van der Waals surface area (Å²) in [6, 6.07) is 5.04. The van der Waals surface area contributed by atoms with Crippen molar-refractivity contribution >= 4 is 11.7 Å². The summed E-state index contributed by atoms with van der Waals surface area (Å²) < 4.78 is 43.9. The van der Waals surface area contributed by atoms with E-state index in [1.807, 2.05) is 0 Å². The molecule has 0 bridgehead atoms. The van der Waals surface area contributed by atoms with Crippen molar-refractivity contribution in [3.05, 3.63) is 35.5 Å². The number of rotatable bonds is 4. The lowest BCUT2D eigenvalue weighted by Crippen LogP contribution is -2.24. The standard InChI is InChI=1S/C11H9F3N4O3/c12-11(13,14)20-7-3-1-6(2-4-7)5-16-10(19)8-9(15)18-21-17-8/h1-4H,5H2,(H2,15,18)(H,16,19). The zero-order valence-electron chi connectivity index (χ0n) is 10.3. The number of nitrogen functional groups attached to an aromatic ring is 1. The molecule has 0 aliphatic carbocycles. The largest absolute Gasteiger partial charge is 0.573 e. The molecular formula is C11H9F3N4O3. The number of amides is 1. The summed E-state index contributed by atoms with van der Waals surface area (Å²) >= 11 is 0. The van der Waals surface area contributed by atoms with Crippen LogP contribution in [0.3, 0.4) is 0 Å². The molecule has 0 saturated carbocycles. The molecule has 0 spiro atoms. The highest BCUT2D eigenvalue weighted by Crippen LogP contribution is 2.22. The molecule has 3 N–H and O–H groups in total. The number of hydrogen-bond donors (Lipinski definition) is 2. The first-order valence-corrected chi connectivity index (χ1v) is 5.56. The SMILES string of the molecule is Nc1nonc1C(=O)NCc1ccc(OC(F)(F)F)cc1. The Balaban J connectivity index is 1.92. The third kappa shape index (κ3) is 4.09. The van der Waals surface area contributed by atoms with Gasteiger partial charge in [0.25, 0.3) is 5.91 Å². The van der Waals surface area contributed by atoms with Gasteiger partial charge in [-0.15, -0.1) is 13.2 Å². The fraction of sp³-hybridized carbons (Fsp3) is 0.182. The minimum absolute atomic E-state index is 0.0669. The summed E-state index contributed by atoms with van der Waals surface area (Å²) in [7, 11) is 0. The molecule has 7 nitrogen and oxygen atoms in total. The van der Waals surface area contributed by atoms with Crippen LogP contribution in [0.25, 0.3) is 0 Å². The Morgan fingerprint density at radius 3 is 2.48 bits per heavy atom. The molecule has 1 heterocycles. The molecule has 21 heavy (non-hydrogen) atoms. The van der Waals surface area contributed by atoms with Crippen molar-refractivity contribution in [3.63, 3.8) is 0 Å². The van der Waals surface area contributed by atoms with Crippen LogP contribution < -0.4 is 15.8 Å². The Bertz CT molecular complexity index is 624. The molecule has 0 atom stereocenters. The van der Waals surface area contributed by atoms with E-state index in [2.05, 4.69) is 25.0 Å². The van der Waals surface area contributed by atoms with Crippen LogP contribution >= 0.6 is 0 Å². The molecule has 10 heteroatoms. The van der Waals surface area contributed by atoms with Crippen molar-refractivity contribution in [1.82, 2.24) is 15.6 Å². The van der Waals surface area contributed by atoms with E-state index in [1.165, 1.54) is 12.1 Å². The first kappa shape index (κ1) is 14.6. The number of ether oxygens (including phenoxy) is 1. The molecule has 0 radical (unpaired) electrons. The zero-order valence-corrected chi connectivity index (χ0v) is 10.3. The predicted octanol–water partition coefficient (Wildman–Crippen LogP) is 1.48. The van der Waals surface area contributed by atoms with Gasteiger partial charge in [-0.05, 0) is 28.0 Å². The van der Waals surface area contributed by atoms with Crippen LogP contribution in [0, 0.1) is 0 Å². The Hall–Kier alpha value is -2.78. The molecule has 1 aromatic carbocycles. The number of nitrogens with two attached hydrogens (primary N) is 1. The van der Waals surface area contributed by atoms with Gasteiger partial charge in [-0.3, -0.25) is 4.79 Å². The molecule has 2 aromatic rings. The van der Waals surface area contributed by atoms with Crippen LogP contribution in [0.4, 0.5) is 19.0 Å². The molecule has 2 rings (SSSR count). The first-order chi connectivity index (χ1) is 9.85. The summed E-state index contributed by atoms with van der Waals surface area (Å²) in [4.78, 5) is 11.6. The number of benzene rings is 1. The van der Waals surface area contributed by atoms with Gasteiger partial charge in [0.1, 0.15) is 5.75 Å². The van der Waals surface area contributed by atoms with Crippen LogP contribution in [0.1, 0.15) is 16.1 Å². The normalized spacial score (nSPS) is 11.2. The van der Waals surface area contributed by atoms with Crippen molar-refractivity contribution in [2.45, 2.75) is 12.9 Å². The lowest BCUT2D eigenvalue weighted by atomic mass is 10.2. The second kappa shape index (κ2) is 5.69. The fourth-order valence-corrected chi connectivity index (χ4v) is 1.43. The lowest BCUT2D eigenvalue weighted by Gasteiger charge is -2.09. The van der Waals surface area contributed by atoms with Gasteiger partial charge >= 0.3 is 6.36 Å². The number of alkyl halides is 3. The van der Waals surface area contributed by atoms with Gasteiger partial charge in [0.15, 0.2) is 0 Å². The van der Waals surface area contributed by atoms with E-state index in [0.717, 1.165) is 12.1 Å². The van der Waals surface area contributed by atoms with Crippen LogP contribution in [0.15, 0.2) is 28.9 Å². The molecule has 0 fully saturated rings. The third-order valence-electron chi connectivity index (χ3n) is 2.34. The maximum atomic E-state index is 12.0. The number of anilines is 1. The van der Waals surface area contributed by atoms with E-state index in [9.17, 15) is 18.0 Å². The van der Waals surface area contributed by atoms with Gasteiger partial charge in [-0.2, -0.15) is 0 Å². The molecule has 1 amide bonds. The van der Waals surface area contributed by atoms with Gasteiger partial charge in [0, 0.05) is 6.54 Å². The Morgan fingerprint density at radius 1 is 1.29 bits per heavy atom. The minimum atomic E-state index is -4.74. The highest BCUT2D eigenvalue weighted by molar-refractivity contribution is 5.95. The van der Waals surface area contributed by atoms with Crippen LogP contribution in [-0.2, 0) is 6.54 Å². The third-order valence-corrected chi connectivity index (χ3v) is 2.34. The molecule has 0 aliphatic heterocycles. The van der Waals surface area contributed by atoms with Gasteiger partial charge in [-0.1, -0.05) is 12.1 Å². The average molecular weight is 302 g/mol. The number of aromatic nitrogens is 2. The summed E-state index contributed by atoms with van der Waals surface area (Å²) in [5.74, 6) is -1.10. The molecule has 0 aliphatic rings. The van der Waals surface area contributed by atoms with Crippen molar-refractivity contribution in [3.8, 4) is 5.75 Å². The van der Waals surface area contributed by atoms with E-state index < -0.39 is 12.3 Å². The molecular weight excluding hydrogens is 293 g/mol. The van der Waals surface area contributed by atoms with Crippen molar-refractivity contribution in [2.24, 2.45) is 0 Å². The fourth-order valence-electron chi connectivity index (χ4n) is 1.43. The van der Waals surface area contributed by atoms with Gasteiger partial charge < -0.3 is 15.8 Å². The first-order valence-electron chi connectivity index (χ1n) is 5.56. The summed E-state index contributed by atoms with van der Waals surface area (Å²) in [5.41, 5.74) is 5.74. The Morgan fingerprint density at radius 2 is 1.95 bits per heavy atom. The number of carbonyl (C=O) groups excluding carboxylic acids is 1. The zero-order chi connectivity index (χ0) is 15.5. The van der Waals surface area contributed by atoms with E-state index in [0.29, 0.717) is 5.56 Å². The predicted molar refractivity (Wildman–Crippen MR) is 63.0 cm³/mol. The average Bonchev–Trinajstić information content (AvgIpc) is 2.82. The maximum absolute atomic E-state index is 12.0. The quantitative estimate of drug-likeness (QED) is 0.886. The highest BCUT2D eigenvalue weighted by atomic mass is 19.4. The monoisotopic (exact) mass is 302 g/mol. The second-order valence-electron chi connectivity index (χ2n) is 3.87. The van der Waals surface area contributed by atoms with Crippen LogP contribution in [0.2, 0.25) is 0 Å². The van der Waals surface area contributed by atoms with Crippen molar-refractivity contribution in [2.75, 3.05) is 5.73 Å². The van der Waals surface area contributed by atoms with Crippen LogP contribution in [-0.4, -0.2) is 22.6 Å². The number of nitrogens with zero attached hydrogens (tertiary/aromatic N) is 2. The highest BCUT2D eigenvalue weighted by Gasteiger charge is 2.30. The summed E-state index contributed by atoms with van der Waals surface area (Å²) in [6.45, 7) is 0.0669. The van der Waals surface area contributed by atoms with Crippen molar-refractivity contribution < 1.29 is 27.3 Å². The number of nitrogens with one attached hydrogen (secondary N) is 1.